The Morgan fingerprint density at radius 3 is 2.43 bits per heavy atom. The molecular weight excluding hydrogens is 286 g/mol. The Labute approximate surface area is 130 Å². The van der Waals surface area contributed by atoms with Crippen LogP contribution in [-0.2, 0) is 11.2 Å². The third kappa shape index (κ3) is 4.20. The van der Waals surface area contributed by atoms with Gasteiger partial charge in [0.1, 0.15) is 0 Å². The van der Waals surface area contributed by atoms with Crippen molar-refractivity contribution in [3.8, 4) is 6.07 Å². The van der Waals surface area contributed by atoms with Crippen LogP contribution in [0.5, 0.6) is 0 Å². The molecule has 0 saturated carbocycles. The Kier molecular flexibility index (Phi) is 5.60. The highest BCUT2D eigenvalue weighted by atomic mass is 35.5. The quantitative estimate of drug-likeness (QED) is 0.858. The first-order valence-electron chi connectivity index (χ1n) is 7.30. The van der Waals surface area contributed by atoms with Crippen molar-refractivity contribution >= 4 is 17.5 Å². The molecule has 5 heteroatoms. The zero-order valence-electron chi connectivity index (χ0n) is 12.3. The van der Waals surface area contributed by atoms with E-state index in [1.54, 1.807) is 12.1 Å². The summed E-state index contributed by atoms with van der Waals surface area (Å²) in [6, 6.07) is 9.68. The van der Waals surface area contributed by atoms with Gasteiger partial charge >= 0.3 is 0 Å². The van der Waals surface area contributed by atoms with E-state index in [0.29, 0.717) is 24.5 Å². The third-order valence-corrected chi connectivity index (χ3v) is 4.16. The van der Waals surface area contributed by atoms with E-state index in [9.17, 15) is 4.79 Å². The highest BCUT2D eigenvalue weighted by Gasteiger charge is 2.24. The molecule has 21 heavy (non-hydrogen) atoms. The van der Waals surface area contributed by atoms with Crippen LogP contribution < -0.4 is 0 Å². The summed E-state index contributed by atoms with van der Waals surface area (Å²) < 4.78 is 0. The molecule has 112 valence electrons. The average molecular weight is 306 g/mol. The molecule has 1 aliphatic rings. The molecule has 0 aliphatic carbocycles. The molecule has 1 atom stereocenters. The SMILES string of the molecule is CCC(C#N)N1CCN(C(=O)Cc2ccc(Cl)cc2)CC1. The molecule has 1 heterocycles. The molecule has 0 N–H and O–H groups in total. The van der Waals surface area contributed by atoms with E-state index in [1.807, 2.05) is 24.0 Å². The van der Waals surface area contributed by atoms with Crippen molar-refractivity contribution in [1.29, 1.82) is 5.26 Å². The number of carbonyl (C=O) groups is 1. The molecular formula is C16H20ClN3O. The lowest BCUT2D eigenvalue weighted by Crippen LogP contribution is -2.51. The van der Waals surface area contributed by atoms with E-state index in [4.69, 9.17) is 16.9 Å². The number of halogens is 1. The first-order chi connectivity index (χ1) is 10.1. The minimum atomic E-state index is -0.0292. The number of benzene rings is 1. The number of hydrogen-bond donors (Lipinski definition) is 0. The smallest absolute Gasteiger partial charge is 0.227 e. The zero-order valence-corrected chi connectivity index (χ0v) is 13.0. The zero-order chi connectivity index (χ0) is 15.2. The third-order valence-electron chi connectivity index (χ3n) is 3.91. The maximum atomic E-state index is 12.3. The molecule has 1 aromatic rings. The first-order valence-corrected chi connectivity index (χ1v) is 7.67. The van der Waals surface area contributed by atoms with E-state index in [2.05, 4.69) is 11.0 Å². The van der Waals surface area contributed by atoms with Gasteiger partial charge in [0, 0.05) is 31.2 Å². The molecule has 1 fully saturated rings. The Morgan fingerprint density at radius 2 is 1.90 bits per heavy atom. The lowest BCUT2D eigenvalue weighted by Gasteiger charge is -2.36. The molecule has 1 amide bonds. The van der Waals surface area contributed by atoms with Crippen molar-refractivity contribution in [2.45, 2.75) is 25.8 Å². The maximum absolute atomic E-state index is 12.3. The molecule has 1 aliphatic heterocycles. The second-order valence-corrected chi connectivity index (χ2v) is 5.71. The molecule has 0 radical (unpaired) electrons. The second-order valence-electron chi connectivity index (χ2n) is 5.27. The predicted octanol–water partition coefficient (Wildman–Crippen LogP) is 2.33. The van der Waals surface area contributed by atoms with E-state index in [-0.39, 0.29) is 11.9 Å². The van der Waals surface area contributed by atoms with Gasteiger partial charge in [-0.1, -0.05) is 30.7 Å². The largest absolute Gasteiger partial charge is 0.340 e. The van der Waals surface area contributed by atoms with Gasteiger partial charge in [0.05, 0.1) is 18.5 Å². The Hall–Kier alpha value is -1.57. The summed E-state index contributed by atoms with van der Waals surface area (Å²) in [4.78, 5) is 16.3. The summed E-state index contributed by atoms with van der Waals surface area (Å²) in [6.45, 7) is 4.97. The summed E-state index contributed by atoms with van der Waals surface area (Å²) in [5.41, 5.74) is 0.982. The number of rotatable bonds is 4. The molecule has 0 aromatic heterocycles. The number of nitriles is 1. The molecule has 1 unspecified atom stereocenters. The number of amides is 1. The fourth-order valence-electron chi connectivity index (χ4n) is 2.60. The van der Waals surface area contributed by atoms with Crippen LogP contribution in [0.25, 0.3) is 0 Å². The Bertz CT molecular complexity index is 515. The molecule has 2 rings (SSSR count). The summed E-state index contributed by atoms with van der Waals surface area (Å²) in [6.07, 6.45) is 1.24. The van der Waals surface area contributed by atoms with E-state index < -0.39 is 0 Å². The average Bonchev–Trinajstić information content (AvgIpc) is 2.51. The topological polar surface area (TPSA) is 47.3 Å². The Balaban J connectivity index is 1.86. The summed E-state index contributed by atoms with van der Waals surface area (Å²) in [5, 5.41) is 9.77. The number of piperazine rings is 1. The summed E-state index contributed by atoms with van der Waals surface area (Å²) in [5.74, 6) is 0.141. The van der Waals surface area contributed by atoms with Crippen molar-refractivity contribution in [2.24, 2.45) is 0 Å². The van der Waals surface area contributed by atoms with E-state index in [1.165, 1.54) is 0 Å². The van der Waals surface area contributed by atoms with E-state index >= 15 is 0 Å². The van der Waals surface area contributed by atoms with Crippen molar-refractivity contribution in [3.05, 3.63) is 34.9 Å². The monoisotopic (exact) mass is 305 g/mol. The summed E-state index contributed by atoms with van der Waals surface area (Å²) in [7, 11) is 0. The molecule has 0 spiro atoms. The predicted molar refractivity (Wildman–Crippen MR) is 83.0 cm³/mol. The standard InChI is InChI=1S/C16H20ClN3O/c1-2-15(12-18)19-7-9-20(10-8-19)16(21)11-13-3-5-14(17)6-4-13/h3-6,15H,2,7-11H2,1H3. The van der Waals surface area contributed by atoms with Crippen LogP contribution >= 0.6 is 11.6 Å². The molecule has 1 saturated heterocycles. The van der Waals surface area contributed by atoms with Gasteiger partial charge in [-0.2, -0.15) is 5.26 Å². The van der Waals surface area contributed by atoms with Gasteiger partial charge in [0.2, 0.25) is 5.91 Å². The van der Waals surface area contributed by atoms with Crippen LogP contribution in [0.1, 0.15) is 18.9 Å². The van der Waals surface area contributed by atoms with Crippen LogP contribution in [0.3, 0.4) is 0 Å². The Morgan fingerprint density at radius 1 is 1.29 bits per heavy atom. The van der Waals surface area contributed by atoms with E-state index in [0.717, 1.165) is 25.1 Å². The van der Waals surface area contributed by atoms with Gasteiger partial charge in [-0.3, -0.25) is 9.69 Å². The van der Waals surface area contributed by atoms with Crippen LogP contribution in [0, 0.1) is 11.3 Å². The van der Waals surface area contributed by atoms with Crippen LogP contribution in [0.15, 0.2) is 24.3 Å². The lowest BCUT2D eigenvalue weighted by atomic mass is 10.1. The highest BCUT2D eigenvalue weighted by molar-refractivity contribution is 6.30. The van der Waals surface area contributed by atoms with Gasteiger partial charge in [-0.15, -0.1) is 0 Å². The van der Waals surface area contributed by atoms with Crippen LogP contribution in [-0.4, -0.2) is 47.9 Å². The minimum absolute atomic E-state index is 0.0292. The molecule has 0 bridgehead atoms. The van der Waals surface area contributed by atoms with Crippen molar-refractivity contribution in [1.82, 2.24) is 9.80 Å². The van der Waals surface area contributed by atoms with Gasteiger partial charge in [0.15, 0.2) is 0 Å². The fraction of sp³-hybridized carbons (Fsp3) is 0.500. The van der Waals surface area contributed by atoms with Gasteiger partial charge < -0.3 is 4.90 Å². The second kappa shape index (κ2) is 7.44. The van der Waals surface area contributed by atoms with Crippen LogP contribution in [0.2, 0.25) is 5.02 Å². The highest BCUT2D eigenvalue weighted by Crippen LogP contribution is 2.13. The molecule has 1 aromatic carbocycles. The fourth-order valence-corrected chi connectivity index (χ4v) is 2.73. The maximum Gasteiger partial charge on any atom is 0.227 e. The minimum Gasteiger partial charge on any atom is -0.340 e. The van der Waals surface area contributed by atoms with Crippen LogP contribution in [0.4, 0.5) is 0 Å². The lowest BCUT2D eigenvalue weighted by molar-refractivity contribution is -0.132. The molecule has 4 nitrogen and oxygen atoms in total. The van der Waals surface area contributed by atoms with Gasteiger partial charge in [-0.25, -0.2) is 0 Å². The normalized spacial score (nSPS) is 17.3. The summed E-state index contributed by atoms with van der Waals surface area (Å²) >= 11 is 5.84. The number of carbonyl (C=O) groups excluding carboxylic acids is 1. The number of nitrogens with zero attached hydrogens (tertiary/aromatic N) is 3. The van der Waals surface area contributed by atoms with Crippen molar-refractivity contribution < 1.29 is 4.79 Å². The van der Waals surface area contributed by atoms with Gasteiger partial charge in [0.25, 0.3) is 0 Å². The van der Waals surface area contributed by atoms with Crippen molar-refractivity contribution in [3.63, 3.8) is 0 Å². The van der Waals surface area contributed by atoms with Crippen molar-refractivity contribution in [2.75, 3.05) is 26.2 Å². The van der Waals surface area contributed by atoms with Gasteiger partial charge in [-0.05, 0) is 24.1 Å². The first kappa shape index (κ1) is 15.8. The number of hydrogen-bond acceptors (Lipinski definition) is 3.